The van der Waals surface area contributed by atoms with E-state index in [1.165, 1.54) is 19.3 Å². The van der Waals surface area contributed by atoms with Crippen molar-refractivity contribution in [2.75, 3.05) is 19.8 Å². The molecule has 2 aliphatic carbocycles. The molecule has 1 aliphatic heterocycles. The van der Waals surface area contributed by atoms with Gasteiger partial charge in [0.1, 0.15) is 6.10 Å². The maximum Gasteiger partial charge on any atom is 0.104 e. The maximum atomic E-state index is 5.60. The fourth-order valence-electron chi connectivity index (χ4n) is 2.58. The Morgan fingerprint density at radius 3 is 3.00 bits per heavy atom. The van der Waals surface area contributed by atoms with E-state index in [4.69, 9.17) is 9.47 Å². The van der Waals surface area contributed by atoms with Gasteiger partial charge in [-0.15, -0.1) is 0 Å². The molecule has 1 saturated heterocycles. The molecule has 2 bridgehead atoms. The minimum atomic E-state index is 0.416. The second kappa shape index (κ2) is 3.10. The molecule has 3 rings (SSSR count). The Morgan fingerprint density at radius 1 is 1.46 bits per heavy atom. The first-order valence-corrected chi connectivity index (χ1v) is 5.32. The van der Waals surface area contributed by atoms with E-state index >= 15 is 0 Å². The molecule has 3 atom stereocenters. The largest absolute Gasteiger partial charge is 0.374 e. The number of hydrogen-bond donors (Lipinski definition) is 0. The first kappa shape index (κ1) is 8.01. The van der Waals surface area contributed by atoms with Crippen molar-refractivity contribution in [1.82, 2.24) is 0 Å². The number of ether oxygens (including phenoxy) is 2. The molecule has 2 fully saturated rings. The van der Waals surface area contributed by atoms with Gasteiger partial charge in [-0.05, 0) is 36.7 Å². The number of rotatable bonds is 4. The topological polar surface area (TPSA) is 21.8 Å². The second-order valence-corrected chi connectivity index (χ2v) is 4.48. The summed E-state index contributed by atoms with van der Waals surface area (Å²) < 4.78 is 10.7. The van der Waals surface area contributed by atoms with Crippen LogP contribution in [-0.4, -0.2) is 25.9 Å². The predicted molar refractivity (Wildman–Crippen MR) is 49.5 cm³/mol. The Bertz CT molecular complexity index is 230. The lowest BCUT2D eigenvalue weighted by molar-refractivity contribution is 0.130. The third kappa shape index (κ3) is 1.65. The first-order chi connectivity index (χ1) is 6.42. The molecule has 72 valence electrons. The van der Waals surface area contributed by atoms with Gasteiger partial charge in [0.2, 0.25) is 0 Å². The molecule has 0 N–H and O–H groups in total. The smallest absolute Gasteiger partial charge is 0.104 e. The molecule has 2 heteroatoms. The van der Waals surface area contributed by atoms with Crippen LogP contribution in [0.3, 0.4) is 0 Å². The number of epoxide rings is 1. The van der Waals surface area contributed by atoms with Gasteiger partial charge in [-0.25, -0.2) is 0 Å². The molecule has 0 aromatic rings. The molecule has 0 radical (unpaired) electrons. The Kier molecular flexibility index (Phi) is 1.91. The summed E-state index contributed by atoms with van der Waals surface area (Å²) in [6.07, 6.45) is 7.08. The average Bonchev–Trinajstić information content (AvgIpc) is 2.74. The minimum absolute atomic E-state index is 0.416. The van der Waals surface area contributed by atoms with Crippen LogP contribution in [0.5, 0.6) is 0 Å². The molecule has 0 amide bonds. The van der Waals surface area contributed by atoms with Crippen LogP contribution in [-0.2, 0) is 9.47 Å². The summed E-state index contributed by atoms with van der Waals surface area (Å²) in [5.74, 6) is 1.76. The van der Waals surface area contributed by atoms with Crippen LogP contribution in [0.15, 0.2) is 11.6 Å². The van der Waals surface area contributed by atoms with Crippen molar-refractivity contribution in [3.8, 4) is 0 Å². The fraction of sp³-hybridized carbons (Fsp3) is 0.818. The molecule has 3 aliphatic rings. The third-order valence-electron chi connectivity index (χ3n) is 3.42. The zero-order valence-corrected chi connectivity index (χ0v) is 7.87. The van der Waals surface area contributed by atoms with Crippen LogP contribution < -0.4 is 0 Å². The van der Waals surface area contributed by atoms with Crippen molar-refractivity contribution in [3.63, 3.8) is 0 Å². The fourth-order valence-corrected chi connectivity index (χ4v) is 2.58. The molecular formula is C11H16O2. The summed E-state index contributed by atoms with van der Waals surface area (Å²) in [7, 11) is 0. The Balaban J connectivity index is 1.47. The number of allylic oxidation sites excluding steroid dienone is 1. The van der Waals surface area contributed by atoms with Gasteiger partial charge in [-0.1, -0.05) is 6.08 Å². The van der Waals surface area contributed by atoms with Crippen LogP contribution in [0.2, 0.25) is 0 Å². The monoisotopic (exact) mass is 180 g/mol. The van der Waals surface area contributed by atoms with Gasteiger partial charge in [0, 0.05) is 0 Å². The molecular weight excluding hydrogens is 164 g/mol. The molecule has 0 spiro atoms. The molecule has 0 aromatic heterocycles. The van der Waals surface area contributed by atoms with Gasteiger partial charge in [-0.2, -0.15) is 0 Å². The van der Waals surface area contributed by atoms with E-state index < -0.39 is 0 Å². The lowest BCUT2D eigenvalue weighted by atomic mass is 9.99. The summed E-state index contributed by atoms with van der Waals surface area (Å²) in [6.45, 7) is 2.57. The van der Waals surface area contributed by atoms with Crippen LogP contribution >= 0.6 is 0 Å². The van der Waals surface area contributed by atoms with Gasteiger partial charge in [0.15, 0.2) is 0 Å². The average molecular weight is 180 g/mol. The van der Waals surface area contributed by atoms with Gasteiger partial charge in [-0.3, -0.25) is 0 Å². The van der Waals surface area contributed by atoms with Crippen molar-refractivity contribution < 1.29 is 9.47 Å². The maximum absolute atomic E-state index is 5.60. The Morgan fingerprint density at radius 2 is 2.38 bits per heavy atom. The van der Waals surface area contributed by atoms with Gasteiger partial charge >= 0.3 is 0 Å². The SMILES string of the molecule is C1=C(COCC2CO2)C2CCC1C2. The van der Waals surface area contributed by atoms with Crippen LogP contribution in [0.25, 0.3) is 0 Å². The first-order valence-electron chi connectivity index (χ1n) is 5.32. The molecule has 13 heavy (non-hydrogen) atoms. The zero-order valence-electron chi connectivity index (χ0n) is 7.87. The zero-order chi connectivity index (χ0) is 8.67. The van der Waals surface area contributed by atoms with E-state index in [0.29, 0.717) is 6.10 Å². The summed E-state index contributed by atoms with van der Waals surface area (Å²) in [5.41, 5.74) is 1.57. The quantitative estimate of drug-likeness (QED) is 0.485. The lowest BCUT2D eigenvalue weighted by Gasteiger charge is -2.12. The van der Waals surface area contributed by atoms with Crippen molar-refractivity contribution in [1.29, 1.82) is 0 Å². The minimum Gasteiger partial charge on any atom is -0.374 e. The highest BCUT2D eigenvalue weighted by Crippen LogP contribution is 2.43. The summed E-state index contributed by atoms with van der Waals surface area (Å²) >= 11 is 0. The van der Waals surface area contributed by atoms with Crippen LogP contribution in [0.1, 0.15) is 19.3 Å². The van der Waals surface area contributed by atoms with Gasteiger partial charge in [0.05, 0.1) is 19.8 Å². The van der Waals surface area contributed by atoms with Crippen molar-refractivity contribution >= 4 is 0 Å². The summed E-state index contributed by atoms with van der Waals surface area (Å²) in [5, 5.41) is 0. The Hall–Kier alpha value is -0.340. The van der Waals surface area contributed by atoms with Crippen LogP contribution in [0, 0.1) is 11.8 Å². The molecule has 0 aromatic carbocycles. The van der Waals surface area contributed by atoms with E-state index in [1.807, 2.05) is 0 Å². The lowest BCUT2D eigenvalue weighted by Crippen LogP contribution is -2.08. The summed E-state index contributed by atoms with van der Waals surface area (Å²) in [4.78, 5) is 0. The Labute approximate surface area is 78.9 Å². The van der Waals surface area contributed by atoms with E-state index in [0.717, 1.165) is 31.7 Å². The molecule has 1 saturated carbocycles. The normalized spacial score (nSPS) is 40.9. The van der Waals surface area contributed by atoms with E-state index in [2.05, 4.69) is 6.08 Å². The third-order valence-corrected chi connectivity index (χ3v) is 3.42. The highest BCUT2D eigenvalue weighted by Gasteiger charge is 2.32. The van der Waals surface area contributed by atoms with Crippen LogP contribution in [0.4, 0.5) is 0 Å². The molecule has 1 heterocycles. The predicted octanol–water partition coefficient (Wildman–Crippen LogP) is 1.76. The van der Waals surface area contributed by atoms with Crippen molar-refractivity contribution in [2.45, 2.75) is 25.4 Å². The molecule has 3 unspecified atom stereocenters. The highest BCUT2D eigenvalue weighted by atomic mass is 16.6. The van der Waals surface area contributed by atoms with Gasteiger partial charge < -0.3 is 9.47 Å². The standard InChI is InChI=1S/C11H16O2/c1-2-9-3-8(1)4-10(9)5-12-6-11-7-13-11/h4,8-9,11H,1-3,5-7H2. The van der Waals surface area contributed by atoms with Gasteiger partial charge in [0.25, 0.3) is 0 Å². The highest BCUT2D eigenvalue weighted by molar-refractivity contribution is 5.19. The van der Waals surface area contributed by atoms with E-state index in [1.54, 1.807) is 5.57 Å². The van der Waals surface area contributed by atoms with Crippen molar-refractivity contribution in [2.24, 2.45) is 11.8 Å². The number of fused-ring (bicyclic) bond motifs is 2. The summed E-state index contributed by atoms with van der Waals surface area (Å²) in [6, 6.07) is 0. The van der Waals surface area contributed by atoms with Crippen molar-refractivity contribution in [3.05, 3.63) is 11.6 Å². The second-order valence-electron chi connectivity index (χ2n) is 4.48. The molecule has 2 nitrogen and oxygen atoms in total. The number of hydrogen-bond acceptors (Lipinski definition) is 2. The van der Waals surface area contributed by atoms with E-state index in [9.17, 15) is 0 Å². The van der Waals surface area contributed by atoms with E-state index in [-0.39, 0.29) is 0 Å².